The van der Waals surface area contributed by atoms with Gasteiger partial charge in [-0.15, -0.1) is 0 Å². The summed E-state index contributed by atoms with van der Waals surface area (Å²) in [6.45, 7) is 2.12. The van der Waals surface area contributed by atoms with Crippen LogP contribution in [0.25, 0.3) is 0 Å². The van der Waals surface area contributed by atoms with Crippen molar-refractivity contribution in [3.63, 3.8) is 0 Å². The first-order valence-corrected chi connectivity index (χ1v) is 14.0. The number of phenolic OH excluding ortho intramolecular Hbond substituents is 1. The first-order chi connectivity index (χ1) is 17.0. The van der Waals surface area contributed by atoms with Gasteiger partial charge >= 0.3 is 0 Å². The number of halogens is 1. The van der Waals surface area contributed by atoms with E-state index in [1.54, 1.807) is 6.92 Å². The third kappa shape index (κ3) is 5.90. The van der Waals surface area contributed by atoms with Crippen molar-refractivity contribution >= 4 is 37.5 Å². The van der Waals surface area contributed by atoms with Crippen LogP contribution in [0.15, 0.2) is 52.4 Å². The fourth-order valence-electron chi connectivity index (χ4n) is 3.53. The highest BCUT2D eigenvalue weighted by Crippen LogP contribution is 2.28. The van der Waals surface area contributed by atoms with Crippen LogP contribution in [0.3, 0.4) is 0 Å². The minimum atomic E-state index is -4.06. The van der Waals surface area contributed by atoms with Crippen molar-refractivity contribution in [2.75, 3.05) is 30.3 Å². The SMILES string of the molecule is Cc1ccc(F)c(S(=O)(=O)NCCc2cnc3nc2NCCCNS(=O)(=O)c2cc(ccc2O)N3)c1. The van der Waals surface area contributed by atoms with Crippen LogP contribution in [0.1, 0.15) is 17.5 Å². The van der Waals surface area contributed by atoms with E-state index < -0.39 is 30.8 Å². The summed E-state index contributed by atoms with van der Waals surface area (Å²) in [5, 5.41) is 16.1. The summed E-state index contributed by atoms with van der Waals surface area (Å²) in [6, 6.07) is 7.89. The van der Waals surface area contributed by atoms with Gasteiger partial charge in [-0.05, 0) is 55.7 Å². The third-order valence-corrected chi connectivity index (χ3v) is 8.34. The molecule has 4 rings (SSSR count). The molecular weight excluding hydrogens is 511 g/mol. The molecule has 14 heteroatoms. The Morgan fingerprint density at radius 2 is 1.97 bits per heavy atom. The molecule has 36 heavy (non-hydrogen) atoms. The fourth-order valence-corrected chi connectivity index (χ4v) is 5.92. The zero-order valence-electron chi connectivity index (χ0n) is 19.2. The van der Waals surface area contributed by atoms with Crippen molar-refractivity contribution in [3.05, 3.63) is 59.5 Å². The minimum absolute atomic E-state index is 0.0261. The number of phenols is 1. The van der Waals surface area contributed by atoms with Gasteiger partial charge in [-0.2, -0.15) is 4.98 Å². The van der Waals surface area contributed by atoms with E-state index >= 15 is 0 Å². The highest BCUT2D eigenvalue weighted by Gasteiger charge is 2.21. The molecule has 5 N–H and O–H groups in total. The van der Waals surface area contributed by atoms with E-state index in [0.717, 1.165) is 6.07 Å². The predicted octanol–water partition coefficient (Wildman–Crippen LogP) is 1.99. The Morgan fingerprint density at radius 3 is 2.78 bits per heavy atom. The summed E-state index contributed by atoms with van der Waals surface area (Å²) in [5.74, 6) is -0.606. The van der Waals surface area contributed by atoms with E-state index in [1.807, 2.05) is 0 Å². The van der Waals surface area contributed by atoms with E-state index in [9.17, 15) is 26.3 Å². The molecule has 0 saturated carbocycles. The molecule has 0 radical (unpaired) electrons. The Hall–Kier alpha value is -3.33. The van der Waals surface area contributed by atoms with Crippen LogP contribution in [0.4, 0.5) is 21.8 Å². The number of nitrogens with one attached hydrogen (secondary N) is 4. The van der Waals surface area contributed by atoms with Crippen molar-refractivity contribution in [2.45, 2.75) is 29.6 Å². The second-order valence-electron chi connectivity index (χ2n) is 8.13. The topological polar surface area (TPSA) is 162 Å². The molecule has 192 valence electrons. The summed E-state index contributed by atoms with van der Waals surface area (Å²) < 4.78 is 69.2. The molecule has 11 nitrogen and oxygen atoms in total. The normalized spacial score (nSPS) is 15.5. The third-order valence-electron chi connectivity index (χ3n) is 5.37. The second kappa shape index (κ2) is 10.3. The number of sulfonamides is 2. The van der Waals surface area contributed by atoms with E-state index in [1.165, 1.54) is 36.5 Å². The summed E-state index contributed by atoms with van der Waals surface area (Å²) in [7, 11) is -7.99. The van der Waals surface area contributed by atoms with Gasteiger partial charge in [-0.1, -0.05) is 6.07 Å². The van der Waals surface area contributed by atoms with Crippen LogP contribution in [-0.4, -0.2) is 51.5 Å². The van der Waals surface area contributed by atoms with Gasteiger partial charge < -0.3 is 15.7 Å². The molecule has 3 aromatic rings. The van der Waals surface area contributed by atoms with Gasteiger partial charge in [-0.3, -0.25) is 0 Å². The average molecular weight is 537 g/mol. The van der Waals surface area contributed by atoms with Crippen LogP contribution in [0, 0.1) is 12.7 Å². The molecule has 0 atom stereocenters. The molecule has 4 bridgehead atoms. The van der Waals surface area contributed by atoms with Gasteiger partial charge in [0.05, 0.1) is 0 Å². The number of aromatic nitrogens is 2. The fraction of sp³-hybridized carbons (Fsp3) is 0.273. The van der Waals surface area contributed by atoms with E-state index in [4.69, 9.17) is 0 Å². The van der Waals surface area contributed by atoms with Gasteiger partial charge in [0, 0.05) is 37.1 Å². The molecule has 1 aromatic heterocycles. The van der Waals surface area contributed by atoms with Crippen LogP contribution >= 0.6 is 0 Å². The highest BCUT2D eigenvalue weighted by atomic mass is 32.2. The molecule has 2 heterocycles. The van der Waals surface area contributed by atoms with Crippen LogP contribution in [0.5, 0.6) is 5.75 Å². The maximum atomic E-state index is 14.1. The number of nitrogens with zero attached hydrogens (tertiary/aromatic N) is 2. The Balaban J connectivity index is 1.54. The number of rotatable bonds is 5. The average Bonchev–Trinajstić information content (AvgIpc) is 2.82. The molecule has 0 amide bonds. The molecule has 0 fully saturated rings. The van der Waals surface area contributed by atoms with Crippen molar-refractivity contribution in [2.24, 2.45) is 0 Å². The van der Waals surface area contributed by atoms with Gasteiger partial charge in [-0.25, -0.2) is 35.7 Å². The van der Waals surface area contributed by atoms with Gasteiger partial charge in [0.1, 0.15) is 27.2 Å². The second-order valence-corrected chi connectivity index (χ2v) is 11.6. The molecule has 2 aromatic carbocycles. The Bertz CT molecular complexity index is 1500. The lowest BCUT2D eigenvalue weighted by atomic mass is 10.2. The number of anilines is 3. The lowest BCUT2D eigenvalue weighted by molar-refractivity contribution is 0.458. The largest absolute Gasteiger partial charge is 0.507 e. The Kier molecular flexibility index (Phi) is 7.40. The molecule has 0 saturated heterocycles. The van der Waals surface area contributed by atoms with Crippen LogP contribution in [-0.2, 0) is 26.5 Å². The zero-order valence-corrected chi connectivity index (χ0v) is 20.9. The summed E-state index contributed by atoms with van der Waals surface area (Å²) >= 11 is 0. The summed E-state index contributed by atoms with van der Waals surface area (Å²) in [4.78, 5) is 8.00. The lowest BCUT2D eigenvalue weighted by Gasteiger charge is -2.14. The monoisotopic (exact) mass is 536 g/mol. The van der Waals surface area contributed by atoms with Crippen LogP contribution in [0.2, 0.25) is 0 Å². The van der Waals surface area contributed by atoms with E-state index in [-0.39, 0.29) is 36.1 Å². The Morgan fingerprint density at radius 1 is 1.17 bits per heavy atom. The number of benzene rings is 2. The summed E-state index contributed by atoms with van der Waals surface area (Å²) in [6.07, 6.45) is 2.14. The Labute approximate surface area is 208 Å². The molecule has 0 unspecified atom stereocenters. The molecule has 1 aliphatic rings. The molecular formula is C22H25FN6O5S2. The molecule has 0 spiro atoms. The standard InChI is InChI=1S/C22H25FN6O5S2/c1-14-3-5-17(23)19(11-14)35(31,32)27-10-7-15-13-25-22-28-16-4-6-18(30)20(12-16)36(33,34)26-9-2-8-24-21(15)29-22/h3-6,11-13,26-27,30H,2,7-10H2,1H3,(H2,24,25,28,29). The quantitative estimate of drug-likeness (QED) is 0.307. The predicted molar refractivity (Wildman–Crippen MR) is 132 cm³/mol. The smallest absolute Gasteiger partial charge is 0.244 e. The van der Waals surface area contributed by atoms with Gasteiger partial charge in [0.2, 0.25) is 26.0 Å². The van der Waals surface area contributed by atoms with Gasteiger partial charge in [0.25, 0.3) is 0 Å². The highest BCUT2D eigenvalue weighted by molar-refractivity contribution is 7.89. The molecule has 0 aliphatic carbocycles. The number of hydrogen-bond acceptors (Lipinski definition) is 9. The minimum Gasteiger partial charge on any atom is -0.507 e. The van der Waals surface area contributed by atoms with E-state index in [0.29, 0.717) is 35.6 Å². The van der Waals surface area contributed by atoms with E-state index in [2.05, 4.69) is 30.0 Å². The maximum Gasteiger partial charge on any atom is 0.244 e. The molecule has 1 aliphatic heterocycles. The summed E-state index contributed by atoms with van der Waals surface area (Å²) in [5.41, 5.74) is 1.57. The van der Waals surface area contributed by atoms with Crippen molar-refractivity contribution in [1.29, 1.82) is 0 Å². The van der Waals surface area contributed by atoms with Gasteiger partial charge in [0.15, 0.2) is 0 Å². The lowest BCUT2D eigenvalue weighted by Crippen LogP contribution is -2.27. The van der Waals surface area contributed by atoms with Crippen molar-refractivity contribution < 1.29 is 26.3 Å². The number of fused-ring (bicyclic) bond motifs is 4. The number of aryl methyl sites for hydroxylation is 1. The number of aromatic hydroxyl groups is 1. The number of hydrogen-bond donors (Lipinski definition) is 5. The van der Waals surface area contributed by atoms with Crippen molar-refractivity contribution in [1.82, 2.24) is 19.4 Å². The maximum absolute atomic E-state index is 14.1. The van der Waals surface area contributed by atoms with Crippen molar-refractivity contribution in [3.8, 4) is 5.75 Å². The first-order valence-electron chi connectivity index (χ1n) is 11.0. The first kappa shape index (κ1) is 25.8. The van der Waals surface area contributed by atoms with Crippen LogP contribution < -0.4 is 20.1 Å². The zero-order chi connectivity index (χ0) is 25.9.